The van der Waals surface area contributed by atoms with E-state index in [9.17, 15) is 0 Å². The molecule has 1 saturated heterocycles. The summed E-state index contributed by atoms with van der Waals surface area (Å²) in [7, 11) is 1.98. The van der Waals surface area contributed by atoms with Gasteiger partial charge in [0.2, 0.25) is 5.95 Å². The molecule has 1 fully saturated rings. The minimum atomic E-state index is 0.305. The monoisotopic (exact) mass is 287 g/mol. The van der Waals surface area contributed by atoms with Crippen molar-refractivity contribution in [3.8, 4) is 11.3 Å². The highest BCUT2D eigenvalue weighted by molar-refractivity contribution is 5.66. The van der Waals surface area contributed by atoms with Gasteiger partial charge in [0.15, 0.2) is 0 Å². The molecule has 0 aromatic carbocycles. The first-order valence-corrected chi connectivity index (χ1v) is 7.22. The number of hydrogen-bond donors (Lipinski definition) is 2. The molecule has 0 unspecified atom stereocenters. The first-order valence-electron chi connectivity index (χ1n) is 7.22. The molecule has 0 amide bonds. The van der Waals surface area contributed by atoms with Crippen LogP contribution in [-0.2, 0) is 6.54 Å². The lowest BCUT2D eigenvalue weighted by atomic mass is 10.1. The van der Waals surface area contributed by atoms with Gasteiger partial charge < -0.3 is 16.0 Å². The van der Waals surface area contributed by atoms with E-state index in [0.717, 1.165) is 42.4 Å². The van der Waals surface area contributed by atoms with E-state index in [1.165, 1.54) is 0 Å². The average Bonchev–Trinajstić information content (AvgIpc) is 2.78. The van der Waals surface area contributed by atoms with Crippen LogP contribution < -0.4 is 16.0 Å². The Labute approximate surface area is 124 Å². The van der Waals surface area contributed by atoms with Crippen molar-refractivity contribution in [3.05, 3.63) is 18.0 Å². The van der Waals surface area contributed by atoms with Crippen LogP contribution in [0.5, 0.6) is 0 Å². The van der Waals surface area contributed by atoms with Crippen LogP contribution in [0, 0.1) is 6.92 Å². The maximum Gasteiger partial charge on any atom is 0.222 e. The smallest absolute Gasteiger partial charge is 0.222 e. The second kappa shape index (κ2) is 5.33. The lowest BCUT2D eigenvalue weighted by molar-refractivity contribution is 0.447. The van der Waals surface area contributed by atoms with Crippen molar-refractivity contribution >= 4 is 11.8 Å². The minimum Gasteiger partial charge on any atom is -0.368 e. The summed E-state index contributed by atoms with van der Waals surface area (Å²) < 4.78 is 1.95. The molecule has 0 atom stereocenters. The van der Waals surface area contributed by atoms with Crippen molar-refractivity contribution in [2.75, 3.05) is 30.8 Å². The van der Waals surface area contributed by atoms with Crippen LogP contribution >= 0.6 is 0 Å². The Morgan fingerprint density at radius 1 is 1.38 bits per heavy atom. The van der Waals surface area contributed by atoms with Crippen molar-refractivity contribution in [3.63, 3.8) is 0 Å². The third kappa shape index (κ3) is 2.44. The van der Waals surface area contributed by atoms with Crippen molar-refractivity contribution in [2.24, 2.45) is 0 Å². The third-order valence-corrected chi connectivity index (χ3v) is 4.02. The molecule has 0 saturated carbocycles. The molecule has 0 spiro atoms. The molecule has 2 aromatic heterocycles. The zero-order valence-corrected chi connectivity index (χ0v) is 12.7. The van der Waals surface area contributed by atoms with E-state index < -0.39 is 0 Å². The lowest BCUT2D eigenvalue weighted by Gasteiger charge is -2.40. The Kier molecular flexibility index (Phi) is 3.50. The van der Waals surface area contributed by atoms with Gasteiger partial charge in [-0.25, -0.2) is 4.98 Å². The molecule has 3 rings (SSSR count). The Hall–Kier alpha value is -2.15. The second-order valence-corrected chi connectivity index (χ2v) is 5.32. The van der Waals surface area contributed by atoms with E-state index in [1.807, 2.05) is 30.9 Å². The van der Waals surface area contributed by atoms with Crippen molar-refractivity contribution in [1.29, 1.82) is 0 Å². The largest absolute Gasteiger partial charge is 0.368 e. The number of nitrogen functional groups attached to an aromatic ring is 1. The van der Waals surface area contributed by atoms with Crippen LogP contribution in [0.1, 0.15) is 12.6 Å². The van der Waals surface area contributed by atoms with E-state index >= 15 is 0 Å². The van der Waals surface area contributed by atoms with E-state index in [2.05, 4.69) is 32.2 Å². The number of likely N-dealkylation sites (N-methyl/N-ethyl adjacent to an activating group) is 1. The summed E-state index contributed by atoms with van der Waals surface area (Å²) in [6.45, 7) is 6.85. The van der Waals surface area contributed by atoms with Gasteiger partial charge in [-0.1, -0.05) is 0 Å². The molecule has 3 heterocycles. The Morgan fingerprint density at radius 2 is 2.14 bits per heavy atom. The molecule has 112 valence electrons. The highest BCUT2D eigenvalue weighted by atomic mass is 15.3. The molecule has 0 radical (unpaired) electrons. The number of nitrogens with zero attached hydrogens (tertiary/aromatic N) is 5. The fourth-order valence-electron chi connectivity index (χ4n) is 2.62. The Morgan fingerprint density at radius 3 is 2.76 bits per heavy atom. The number of anilines is 2. The predicted octanol–water partition coefficient (Wildman–Crippen LogP) is 0.659. The summed E-state index contributed by atoms with van der Waals surface area (Å²) in [4.78, 5) is 10.9. The highest BCUT2D eigenvalue weighted by Crippen LogP contribution is 2.27. The molecule has 7 nitrogen and oxygen atoms in total. The molecule has 2 aromatic rings. The average molecular weight is 287 g/mol. The van der Waals surface area contributed by atoms with Gasteiger partial charge in [0.25, 0.3) is 0 Å². The molecule has 1 aliphatic rings. The van der Waals surface area contributed by atoms with E-state index in [4.69, 9.17) is 5.73 Å². The number of aromatic nitrogens is 4. The van der Waals surface area contributed by atoms with Crippen molar-refractivity contribution < 1.29 is 0 Å². The molecular weight excluding hydrogens is 266 g/mol. The van der Waals surface area contributed by atoms with E-state index in [1.54, 1.807) is 0 Å². The number of nitrogens with two attached hydrogens (primary N) is 1. The third-order valence-electron chi connectivity index (χ3n) is 4.02. The van der Waals surface area contributed by atoms with Gasteiger partial charge in [0.05, 0.1) is 11.9 Å². The maximum absolute atomic E-state index is 5.88. The number of hydrogen-bond acceptors (Lipinski definition) is 6. The summed E-state index contributed by atoms with van der Waals surface area (Å²) in [5, 5.41) is 7.62. The molecular formula is C14H21N7. The van der Waals surface area contributed by atoms with Crippen LogP contribution in [-0.4, -0.2) is 45.9 Å². The zero-order valence-electron chi connectivity index (χ0n) is 12.7. The number of nitrogens with one attached hydrogen (secondary N) is 1. The normalized spacial score (nSPS) is 15.3. The predicted molar refractivity (Wildman–Crippen MR) is 83.1 cm³/mol. The van der Waals surface area contributed by atoms with Gasteiger partial charge in [0.1, 0.15) is 5.82 Å². The van der Waals surface area contributed by atoms with Gasteiger partial charge in [-0.15, -0.1) is 0 Å². The van der Waals surface area contributed by atoms with Crippen LogP contribution in [0.2, 0.25) is 0 Å². The quantitative estimate of drug-likeness (QED) is 0.859. The van der Waals surface area contributed by atoms with E-state index in [-0.39, 0.29) is 0 Å². The van der Waals surface area contributed by atoms with Gasteiger partial charge in [-0.2, -0.15) is 10.1 Å². The molecule has 7 heteroatoms. The molecule has 0 aliphatic carbocycles. The van der Waals surface area contributed by atoms with Crippen molar-refractivity contribution in [1.82, 2.24) is 25.1 Å². The Bertz CT molecular complexity index is 643. The van der Waals surface area contributed by atoms with Crippen LogP contribution in [0.15, 0.2) is 12.3 Å². The highest BCUT2D eigenvalue weighted by Gasteiger charge is 2.27. The molecule has 0 bridgehead atoms. The number of aryl methyl sites for hydroxylation is 1. The molecule has 3 N–H and O–H groups in total. The summed E-state index contributed by atoms with van der Waals surface area (Å²) in [5.74, 6) is 1.19. The fraction of sp³-hybridized carbons (Fsp3) is 0.500. The minimum absolute atomic E-state index is 0.305. The Balaban J connectivity index is 1.92. The summed E-state index contributed by atoms with van der Waals surface area (Å²) >= 11 is 0. The summed E-state index contributed by atoms with van der Waals surface area (Å²) in [5.41, 5.74) is 8.82. The zero-order chi connectivity index (χ0) is 15.0. The SMILES string of the molecule is CCn1ncc(-c2cc(N3CC(NC)C3)nc(N)n2)c1C. The maximum atomic E-state index is 5.88. The molecule has 21 heavy (non-hydrogen) atoms. The number of rotatable bonds is 4. The standard InChI is InChI=1S/C14H21N7/c1-4-21-9(2)11(6-17-21)12-5-13(19-14(15)18-12)20-7-10(8-20)16-3/h5-6,10,16H,4,7-8H2,1-3H3,(H2,15,18,19). The second-order valence-electron chi connectivity index (χ2n) is 5.32. The first kappa shape index (κ1) is 13.8. The van der Waals surface area contributed by atoms with Crippen molar-refractivity contribution in [2.45, 2.75) is 26.4 Å². The van der Waals surface area contributed by atoms with Gasteiger partial charge >= 0.3 is 0 Å². The van der Waals surface area contributed by atoms with E-state index in [0.29, 0.717) is 12.0 Å². The van der Waals surface area contributed by atoms with Crippen LogP contribution in [0.4, 0.5) is 11.8 Å². The van der Waals surface area contributed by atoms with Gasteiger partial charge in [-0.05, 0) is 20.9 Å². The van der Waals surface area contributed by atoms with Crippen LogP contribution in [0.3, 0.4) is 0 Å². The fourth-order valence-corrected chi connectivity index (χ4v) is 2.62. The topological polar surface area (TPSA) is 84.9 Å². The molecule has 1 aliphatic heterocycles. The first-order chi connectivity index (χ1) is 10.1. The summed E-state index contributed by atoms with van der Waals surface area (Å²) in [6, 6.07) is 2.51. The lowest BCUT2D eigenvalue weighted by Crippen LogP contribution is -2.57. The summed E-state index contributed by atoms with van der Waals surface area (Å²) in [6.07, 6.45) is 1.84. The van der Waals surface area contributed by atoms with Gasteiger partial charge in [0, 0.05) is 43.0 Å². The van der Waals surface area contributed by atoms with Gasteiger partial charge in [-0.3, -0.25) is 4.68 Å². The van der Waals surface area contributed by atoms with Crippen LogP contribution in [0.25, 0.3) is 11.3 Å².